The lowest BCUT2D eigenvalue weighted by molar-refractivity contribution is 0.950. The monoisotopic (exact) mass is 221 g/mol. The summed E-state index contributed by atoms with van der Waals surface area (Å²) in [5.41, 5.74) is 3.87. The summed E-state index contributed by atoms with van der Waals surface area (Å²) in [4.78, 5) is 2.38. The maximum Gasteiger partial charge on any atom is 0.0484 e. The van der Waals surface area contributed by atoms with Crippen molar-refractivity contribution in [2.45, 2.75) is 6.42 Å². The second-order valence-electron chi connectivity index (χ2n) is 4.24. The van der Waals surface area contributed by atoms with Gasteiger partial charge in [0, 0.05) is 17.9 Å². The topological polar surface area (TPSA) is 3.24 Å². The molecule has 0 spiro atoms. The number of rotatable bonds is 1. The van der Waals surface area contributed by atoms with Crippen LogP contribution in [0.4, 0.5) is 11.4 Å². The summed E-state index contributed by atoms with van der Waals surface area (Å²) in [5, 5.41) is 0. The molecule has 0 aromatic heterocycles. The SMILES string of the molecule is C1=Cc2ccccc2N(c2ccccc2)CC1. The molecule has 1 heterocycles. The molecule has 84 valence electrons. The molecule has 1 aliphatic heterocycles. The molecule has 0 unspecified atom stereocenters. The lowest BCUT2D eigenvalue weighted by Gasteiger charge is -2.24. The Balaban J connectivity index is 2.09. The summed E-state index contributed by atoms with van der Waals surface area (Å²) >= 11 is 0. The van der Waals surface area contributed by atoms with Crippen LogP contribution in [-0.4, -0.2) is 6.54 Å². The van der Waals surface area contributed by atoms with Crippen LogP contribution in [-0.2, 0) is 0 Å². The van der Waals surface area contributed by atoms with Crippen molar-refractivity contribution < 1.29 is 0 Å². The van der Waals surface area contributed by atoms with Gasteiger partial charge >= 0.3 is 0 Å². The average Bonchev–Trinajstić information content (AvgIpc) is 2.62. The summed E-state index contributed by atoms with van der Waals surface area (Å²) in [6, 6.07) is 19.2. The Hall–Kier alpha value is -2.02. The Labute approximate surface area is 102 Å². The highest BCUT2D eigenvalue weighted by Gasteiger charge is 2.12. The largest absolute Gasteiger partial charge is 0.341 e. The fraction of sp³-hybridized carbons (Fsp3) is 0.125. The van der Waals surface area contributed by atoms with Crippen molar-refractivity contribution in [3.05, 3.63) is 66.2 Å². The quantitative estimate of drug-likeness (QED) is 0.696. The number of fused-ring (bicyclic) bond motifs is 1. The lowest BCUT2D eigenvalue weighted by Crippen LogP contribution is -2.17. The highest BCUT2D eigenvalue weighted by atomic mass is 15.1. The standard InChI is InChI=1S/C16H15N/c1-2-10-15(11-3-1)17-13-7-6-9-14-8-4-5-12-16(14)17/h1-6,8-12H,7,13H2. The number of benzene rings is 2. The molecule has 0 saturated carbocycles. The second kappa shape index (κ2) is 4.46. The first-order chi connectivity index (χ1) is 8.45. The first kappa shape index (κ1) is 10.2. The predicted octanol–water partition coefficient (Wildman–Crippen LogP) is 4.24. The minimum atomic E-state index is 1.04. The molecule has 0 saturated heterocycles. The van der Waals surface area contributed by atoms with Crippen molar-refractivity contribution in [3.63, 3.8) is 0 Å². The normalized spacial score (nSPS) is 14.2. The molecule has 0 radical (unpaired) electrons. The first-order valence-corrected chi connectivity index (χ1v) is 6.03. The van der Waals surface area contributed by atoms with E-state index in [2.05, 4.69) is 71.6 Å². The Kier molecular flexibility index (Phi) is 2.66. The number of anilines is 2. The van der Waals surface area contributed by atoms with E-state index >= 15 is 0 Å². The van der Waals surface area contributed by atoms with E-state index in [-0.39, 0.29) is 0 Å². The third-order valence-electron chi connectivity index (χ3n) is 3.11. The minimum Gasteiger partial charge on any atom is -0.341 e. The Bertz CT molecular complexity index is 528. The Morgan fingerprint density at radius 2 is 1.59 bits per heavy atom. The van der Waals surface area contributed by atoms with Crippen molar-refractivity contribution in [2.75, 3.05) is 11.4 Å². The third-order valence-corrected chi connectivity index (χ3v) is 3.11. The van der Waals surface area contributed by atoms with Crippen LogP contribution in [0.3, 0.4) is 0 Å². The van der Waals surface area contributed by atoms with Crippen LogP contribution in [0.15, 0.2) is 60.7 Å². The van der Waals surface area contributed by atoms with E-state index in [0.717, 1.165) is 13.0 Å². The number of para-hydroxylation sites is 2. The fourth-order valence-corrected chi connectivity index (χ4v) is 2.28. The van der Waals surface area contributed by atoms with E-state index in [9.17, 15) is 0 Å². The van der Waals surface area contributed by atoms with E-state index in [4.69, 9.17) is 0 Å². The van der Waals surface area contributed by atoms with E-state index in [1.54, 1.807) is 0 Å². The van der Waals surface area contributed by atoms with Gasteiger partial charge in [-0.15, -0.1) is 0 Å². The van der Waals surface area contributed by atoms with Crippen LogP contribution in [0.1, 0.15) is 12.0 Å². The molecule has 0 bridgehead atoms. The van der Waals surface area contributed by atoms with E-state index in [1.807, 2.05) is 0 Å². The van der Waals surface area contributed by atoms with Gasteiger partial charge in [0.05, 0.1) is 0 Å². The van der Waals surface area contributed by atoms with Gasteiger partial charge in [0.15, 0.2) is 0 Å². The number of hydrogen-bond donors (Lipinski definition) is 0. The molecule has 0 atom stereocenters. The van der Waals surface area contributed by atoms with Gasteiger partial charge < -0.3 is 4.90 Å². The molecule has 2 aromatic rings. The molecule has 2 aromatic carbocycles. The second-order valence-corrected chi connectivity index (χ2v) is 4.24. The number of hydrogen-bond acceptors (Lipinski definition) is 1. The van der Waals surface area contributed by atoms with E-state index in [0.29, 0.717) is 0 Å². The van der Waals surface area contributed by atoms with Gasteiger partial charge in [0.1, 0.15) is 0 Å². The van der Waals surface area contributed by atoms with Gasteiger partial charge in [0.25, 0.3) is 0 Å². The predicted molar refractivity (Wildman–Crippen MR) is 73.5 cm³/mol. The molecule has 17 heavy (non-hydrogen) atoms. The highest BCUT2D eigenvalue weighted by molar-refractivity contribution is 5.75. The van der Waals surface area contributed by atoms with Crippen molar-refractivity contribution in [2.24, 2.45) is 0 Å². The van der Waals surface area contributed by atoms with Gasteiger partial charge in [-0.05, 0) is 30.2 Å². The maximum atomic E-state index is 2.38. The van der Waals surface area contributed by atoms with Crippen molar-refractivity contribution in [1.82, 2.24) is 0 Å². The van der Waals surface area contributed by atoms with Gasteiger partial charge in [-0.3, -0.25) is 0 Å². The molecule has 1 aliphatic rings. The highest BCUT2D eigenvalue weighted by Crippen LogP contribution is 2.31. The molecular weight excluding hydrogens is 206 g/mol. The van der Waals surface area contributed by atoms with Crippen LogP contribution < -0.4 is 4.90 Å². The summed E-state index contributed by atoms with van der Waals surface area (Å²) in [6.07, 6.45) is 5.56. The zero-order chi connectivity index (χ0) is 11.5. The summed E-state index contributed by atoms with van der Waals surface area (Å²) in [6.45, 7) is 1.04. The van der Waals surface area contributed by atoms with Crippen LogP contribution in [0.25, 0.3) is 6.08 Å². The van der Waals surface area contributed by atoms with Crippen LogP contribution in [0.5, 0.6) is 0 Å². The summed E-state index contributed by atoms with van der Waals surface area (Å²) < 4.78 is 0. The van der Waals surface area contributed by atoms with E-state index in [1.165, 1.54) is 16.9 Å². The molecule has 1 heteroatoms. The summed E-state index contributed by atoms with van der Waals surface area (Å²) in [7, 11) is 0. The summed E-state index contributed by atoms with van der Waals surface area (Å²) in [5.74, 6) is 0. The zero-order valence-corrected chi connectivity index (χ0v) is 9.71. The number of nitrogens with zero attached hydrogens (tertiary/aromatic N) is 1. The minimum absolute atomic E-state index is 1.04. The average molecular weight is 221 g/mol. The van der Waals surface area contributed by atoms with Gasteiger partial charge in [-0.2, -0.15) is 0 Å². The maximum absolute atomic E-state index is 2.38. The van der Waals surface area contributed by atoms with Crippen LogP contribution in [0.2, 0.25) is 0 Å². The van der Waals surface area contributed by atoms with Crippen molar-refractivity contribution in [1.29, 1.82) is 0 Å². The lowest BCUT2D eigenvalue weighted by atomic mass is 10.1. The Morgan fingerprint density at radius 1 is 0.824 bits per heavy atom. The van der Waals surface area contributed by atoms with Crippen molar-refractivity contribution >= 4 is 17.5 Å². The zero-order valence-electron chi connectivity index (χ0n) is 9.71. The molecule has 0 amide bonds. The van der Waals surface area contributed by atoms with Crippen LogP contribution in [0, 0.1) is 0 Å². The molecule has 1 nitrogen and oxygen atoms in total. The first-order valence-electron chi connectivity index (χ1n) is 6.03. The molecule has 0 aliphatic carbocycles. The fourth-order valence-electron chi connectivity index (χ4n) is 2.28. The van der Waals surface area contributed by atoms with Gasteiger partial charge in [0.2, 0.25) is 0 Å². The smallest absolute Gasteiger partial charge is 0.0484 e. The van der Waals surface area contributed by atoms with Gasteiger partial charge in [-0.1, -0.05) is 48.6 Å². The molecule has 3 rings (SSSR count). The van der Waals surface area contributed by atoms with E-state index < -0.39 is 0 Å². The molecular formula is C16H15N. The van der Waals surface area contributed by atoms with Gasteiger partial charge in [-0.25, -0.2) is 0 Å². The van der Waals surface area contributed by atoms with Crippen LogP contribution >= 0.6 is 0 Å². The third kappa shape index (κ3) is 1.96. The van der Waals surface area contributed by atoms with Crippen molar-refractivity contribution in [3.8, 4) is 0 Å². The molecule has 0 N–H and O–H groups in total. The Morgan fingerprint density at radius 3 is 2.47 bits per heavy atom. The molecule has 0 fully saturated rings.